The third-order valence-electron chi connectivity index (χ3n) is 2.37. The Morgan fingerprint density at radius 2 is 2.11 bits per heavy atom. The number of benzene rings is 1. The van der Waals surface area contributed by atoms with Crippen molar-refractivity contribution in [3.8, 4) is 5.75 Å². The zero-order chi connectivity index (χ0) is 13.8. The fourth-order valence-electron chi connectivity index (χ4n) is 1.42. The van der Waals surface area contributed by atoms with Crippen LogP contribution in [-0.2, 0) is 4.79 Å². The Morgan fingerprint density at radius 3 is 2.68 bits per heavy atom. The standard InChI is InChI=1S/C13H13BrN2O3/c1-8-7-12(16-19-8)15-13(17)9(2)18-11-5-3-10(14)4-6-11/h3-7,9H,1-2H3,(H,15,16,17)/t9-/m1/s1. The third-order valence-corrected chi connectivity index (χ3v) is 2.90. The van der Waals surface area contributed by atoms with Gasteiger partial charge in [0, 0.05) is 10.5 Å². The summed E-state index contributed by atoms with van der Waals surface area (Å²) in [6, 6.07) is 8.91. The summed E-state index contributed by atoms with van der Waals surface area (Å²) in [7, 11) is 0. The lowest BCUT2D eigenvalue weighted by molar-refractivity contribution is -0.122. The van der Waals surface area contributed by atoms with E-state index in [2.05, 4.69) is 26.4 Å². The topological polar surface area (TPSA) is 64.4 Å². The number of hydrogen-bond donors (Lipinski definition) is 1. The van der Waals surface area contributed by atoms with Crippen LogP contribution in [0, 0.1) is 6.92 Å². The molecule has 1 amide bonds. The van der Waals surface area contributed by atoms with Crippen molar-refractivity contribution < 1.29 is 14.1 Å². The lowest BCUT2D eigenvalue weighted by atomic mass is 10.3. The summed E-state index contributed by atoms with van der Waals surface area (Å²) in [5.74, 6) is 1.36. The monoisotopic (exact) mass is 324 g/mol. The normalized spacial score (nSPS) is 11.9. The number of aryl methyl sites for hydroxylation is 1. The van der Waals surface area contributed by atoms with Crippen molar-refractivity contribution in [2.24, 2.45) is 0 Å². The van der Waals surface area contributed by atoms with E-state index in [9.17, 15) is 4.79 Å². The number of rotatable bonds is 4. The number of amides is 1. The van der Waals surface area contributed by atoms with Crippen LogP contribution < -0.4 is 10.1 Å². The van der Waals surface area contributed by atoms with Gasteiger partial charge in [-0.2, -0.15) is 0 Å². The molecule has 2 rings (SSSR count). The highest BCUT2D eigenvalue weighted by atomic mass is 79.9. The second-order valence-corrected chi connectivity index (χ2v) is 4.94. The van der Waals surface area contributed by atoms with E-state index in [1.165, 1.54) is 0 Å². The molecule has 1 N–H and O–H groups in total. The van der Waals surface area contributed by atoms with Gasteiger partial charge in [-0.1, -0.05) is 21.1 Å². The highest BCUT2D eigenvalue weighted by Gasteiger charge is 2.16. The molecule has 0 aliphatic carbocycles. The molecule has 100 valence electrons. The summed E-state index contributed by atoms with van der Waals surface area (Å²) in [6.07, 6.45) is -0.627. The molecule has 19 heavy (non-hydrogen) atoms. The number of hydrogen-bond acceptors (Lipinski definition) is 4. The second kappa shape index (κ2) is 5.88. The molecule has 1 aromatic heterocycles. The molecule has 0 spiro atoms. The van der Waals surface area contributed by atoms with Crippen LogP contribution in [0.4, 0.5) is 5.82 Å². The van der Waals surface area contributed by atoms with Gasteiger partial charge in [-0.3, -0.25) is 4.79 Å². The fraction of sp³-hybridized carbons (Fsp3) is 0.231. The van der Waals surface area contributed by atoms with Gasteiger partial charge in [0.15, 0.2) is 11.9 Å². The van der Waals surface area contributed by atoms with E-state index < -0.39 is 6.10 Å². The fourth-order valence-corrected chi connectivity index (χ4v) is 1.69. The first kappa shape index (κ1) is 13.6. The first-order valence-corrected chi connectivity index (χ1v) is 6.50. The number of halogens is 1. The average Bonchev–Trinajstić information content (AvgIpc) is 2.77. The number of nitrogens with zero attached hydrogens (tertiary/aromatic N) is 1. The van der Waals surface area contributed by atoms with Crippen LogP contribution in [0.2, 0.25) is 0 Å². The molecular formula is C13H13BrN2O3. The maximum atomic E-state index is 11.9. The van der Waals surface area contributed by atoms with Gasteiger partial charge in [0.05, 0.1) is 0 Å². The Labute approximate surface area is 119 Å². The minimum absolute atomic E-state index is 0.281. The third kappa shape index (κ3) is 3.82. The SMILES string of the molecule is Cc1cc(NC(=O)[C@@H](C)Oc2ccc(Br)cc2)no1. The molecule has 1 aromatic carbocycles. The predicted molar refractivity (Wildman–Crippen MR) is 74.1 cm³/mol. The first-order chi connectivity index (χ1) is 9.04. The van der Waals surface area contributed by atoms with Gasteiger partial charge < -0.3 is 14.6 Å². The van der Waals surface area contributed by atoms with Crippen LogP contribution in [0.25, 0.3) is 0 Å². The number of carbonyl (C=O) groups excluding carboxylic acids is 1. The van der Waals surface area contributed by atoms with Gasteiger partial charge in [0.1, 0.15) is 11.5 Å². The summed E-state index contributed by atoms with van der Waals surface area (Å²) >= 11 is 3.33. The van der Waals surface area contributed by atoms with E-state index in [0.717, 1.165) is 4.47 Å². The van der Waals surface area contributed by atoms with Crippen LogP contribution in [0.1, 0.15) is 12.7 Å². The van der Waals surface area contributed by atoms with Gasteiger partial charge in [-0.05, 0) is 38.1 Å². The van der Waals surface area contributed by atoms with E-state index in [1.807, 2.05) is 12.1 Å². The Hall–Kier alpha value is -1.82. The summed E-state index contributed by atoms with van der Waals surface area (Å²) < 4.78 is 11.3. The Morgan fingerprint density at radius 1 is 1.42 bits per heavy atom. The maximum absolute atomic E-state index is 11.9. The molecule has 1 atom stereocenters. The molecule has 0 saturated heterocycles. The lowest BCUT2D eigenvalue weighted by Gasteiger charge is -2.13. The summed E-state index contributed by atoms with van der Waals surface area (Å²) in [6.45, 7) is 3.43. The van der Waals surface area contributed by atoms with Crippen molar-refractivity contribution in [3.05, 3.63) is 40.6 Å². The Kier molecular flexibility index (Phi) is 4.21. The molecule has 0 bridgehead atoms. The first-order valence-electron chi connectivity index (χ1n) is 5.71. The molecular weight excluding hydrogens is 312 g/mol. The maximum Gasteiger partial charge on any atom is 0.266 e. The zero-order valence-corrected chi connectivity index (χ0v) is 12.1. The van der Waals surface area contributed by atoms with Gasteiger partial charge in [-0.15, -0.1) is 0 Å². The molecule has 5 nitrogen and oxygen atoms in total. The quantitative estimate of drug-likeness (QED) is 0.938. The highest BCUT2D eigenvalue weighted by molar-refractivity contribution is 9.10. The molecule has 0 unspecified atom stereocenters. The second-order valence-electron chi connectivity index (χ2n) is 4.03. The molecule has 1 heterocycles. The van der Waals surface area contributed by atoms with Gasteiger partial charge >= 0.3 is 0 Å². The Balaban J connectivity index is 1.94. The summed E-state index contributed by atoms with van der Waals surface area (Å²) in [5, 5.41) is 6.30. The average molecular weight is 325 g/mol. The number of carbonyl (C=O) groups is 1. The summed E-state index contributed by atoms with van der Waals surface area (Å²) in [4.78, 5) is 11.9. The van der Waals surface area contributed by atoms with Crippen LogP contribution in [0.3, 0.4) is 0 Å². The smallest absolute Gasteiger partial charge is 0.266 e. The zero-order valence-electron chi connectivity index (χ0n) is 10.5. The van der Waals surface area contributed by atoms with Crippen LogP contribution in [0.15, 0.2) is 39.3 Å². The number of anilines is 1. The number of aromatic nitrogens is 1. The molecule has 0 aliphatic heterocycles. The van der Waals surface area contributed by atoms with E-state index in [-0.39, 0.29) is 5.91 Å². The van der Waals surface area contributed by atoms with Crippen molar-refractivity contribution in [1.82, 2.24) is 5.16 Å². The van der Waals surface area contributed by atoms with E-state index >= 15 is 0 Å². The van der Waals surface area contributed by atoms with Gasteiger partial charge in [-0.25, -0.2) is 0 Å². The van der Waals surface area contributed by atoms with E-state index in [4.69, 9.17) is 9.26 Å². The van der Waals surface area contributed by atoms with Gasteiger partial charge in [0.25, 0.3) is 5.91 Å². The lowest BCUT2D eigenvalue weighted by Crippen LogP contribution is -2.30. The van der Waals surface area contributed by atoms with Crippen molar-refractivity contribution in [2.45, 2.75) is 20.0 Å². The Bertz CT molecular complexity index is 566. The largest absolute Gasteiger partial charge is 0.481 e. The van der Waals surface area contributed by atoms with Crippen molar-refractivity contribution in [1.29, 1.82) is 0 Å². The number of nitrogens with one attached hydrogen (secondary N) is 1. The number of ether oxygens (including phenoxy) is 1. The van der Waals surface area contributed by atoms with E-state index in [1.54, 1.807) is 32.0 Å². The van der Waals surface area contributed by atoms with Crippen molar-refractivity contribution in [3.63, 3.8) is 0 Å². The van der Waals surface area contributed by atoms with Crippen LogP contribution in [-0.4, -0.2) is 17.2 Å². The van der Waals surface area contributed by atoms with Crippen LogP contribution >= 0.6 is 15.9 Å². The molecule has 0 aliphatic rings. The minimum atomic E-state index is -0.627. The molecule has 0 saturated carbocycles. The molecule has 6 heteroatoms. The summed E-state index contributed by atoms with van der Waals surface area (Å²) in [5.41, 5.74) is 0. The van der Waals surface area contributed by atoms with E-state index in [0.29, 0.717) is 17.3 Å². The molecule has 0 radical (unpaired) electrons. The molecule has 0 fully saturated rings. The van der Waals surface area contributed by atoms with Crippen molar-refractivity contribution in [2.75, 3.05) is 5.32 Å². The molecule has 2 aromatic rings. The van der Waals surface area contributed by atoms with Gasteiger partial charge in [0.2, 0.25) is 0 Å². The predicted octanol–water partition coefficient (Wildman–Crippen LogP) is 3.15. The van der Waals surface area contributed by atoms with Crippen LogP contribution in [0.5, 0.6) is 5.75 Å². The minimum Gasteiger partial charge on any atom is -0.481 e. The highest BCUT2D eigenvalue weighted by Crippen LogP contribution is 2.17. The van der Waals surface area contributed by atoms with Crippen molar-refractivity contribution >= 4 is 27.7 Å².